The number of carbonyl (C=O) groups excluding carboxylic acids is 2. The first-order chi connectivity index (χ1) is 11.1. The van der Waals surface area contributed by atoms with E-state index in [0.29, 0.717) is 25.2 Å². The lowest BCUT2D eigenvalue weighted by Crippen LogP contribution is -2.31. The van der Waals surface area contributed by atoms with Crippen molar-refractivity contribution < 1.29 is 9.59 Å². The van der Waals surface area contributed by atoms with Crippen LogP contribution in [-0.4, -0.2) is 39.6 Å². The number of aromatic nitrogens is 2. The van der Waals surface area contributed by atoms with Crippen molar-refractivity contribution in [2.45, 2.75) is 44.9 Å². The van der Waals surface area contributed by atoms with Crippen molar-refractivity contribution in [3.8, 4) is 0 Å². The summed E-state index contributed by atoms with van der Waals surface area (Å²) >= 11 is 0. The van der Waals surface area contributed by atoms with Crippen LogP contribution in [0.15, 0.2) is 12.4 Å². The predicted octanol–water partition coefficient (Wildman–Crippen LogP) is 2.18. The van der Waals surface area contributed by atoms with E-state index in [1.165, 1.54) is 25.7 Å². The second-order valence-electron chi connectivity index (χ2n) is 6.91. The second-order valence-corrected chi connectivity index (χ2v) is 6.91. The summed E-state index contributed by atoms with van der Waals surface area (Å²) in [6.45, 7) is 1.25. The number of likely N-dealkylation sites (tertiary alicyclic amines) is 1. The van der Waals surface area contributed by atoms with Gasteiger partial charge < -0.3 is 10.2 Å². The lowest BCUT2D eigenvalue weighted by atomic mass is 10.0. The summed E-state index contributed by atoms with van der Waals surface area (Å²) in [5.74, 6) is 0.842. The molecule has 0 radical (unpaired) electrons. The van der Waals surface area contributed by atoms with E-state index < -0.39 is 0 Å². The van der Waals surface area contributed by atoms with Gasteiger partial charge in [0.1, 0.15) is 0 Å². The van der Waals surface area contributed by atoms with Gasteiger partial charge in [0.2, 0.25) is 11.8 Å². The topological polar surface area (TPSA) is 67.2 Å². The fourth-order valence-corrected chi connectivity index (χ4v) is 3.72. The van der Waals surface area contributed by atoms with E-state index in [1.807, 2.05) is 11.9 Å². The summed E-state index contributed by atoms with van der Waals surface area (Å²) in [4.78, 5) is 26.4. The van der Waals surface area contributed by atoms with Crippen LogP contribution in [0.5, 0.6) is 0 Å². The molecule has 0 spiro atoms. The molecule has 0 aromatic carbocycles. The van der Waals surface area contributed by atoms with Gasteiger partial charge in [-0.3, -0.25) is 14.3 Å². The summed E-state index contributed by atoms with van der Waals surface area (Å²) in [5, 5.41) is 6.92. The van der Waals surface area contributed by atoms with E-state index in [0.717, 1.165) is 18.8 Å². The smallest absolute Gasteiger partial charge is 0.229 e. The van der Waals surface area contributed by atoms with E-state index in [1.54, 1.807) is 17.1 Å². The van der Waals surface area contributed by atoms with Crippen LogP contribution < -0.4 is 5.32 Å². The summed E-state index contributed by atoms with van der Waals surface area (Å²) in [7, 11) is 1.82. The molecule has 2 aliphatic rings. The molecule has 1 atom stereocenters. The molecular weight excluding hydrogens is 292 g/mol. The third-order valence-electron chi connectivity index (χ3n) is 5.13. The fourth-order valence-electron chi connectivity index (χ4n) is 3.72. The average Bonchev–Trinajstić information content (AvgIpc) is 3.26. The Morgan fingerprint density at radius 1 is 1.30 bits per heavy atom. The van der Waals surface area contributed by atoms with E-state index in [4.69, 9.17) is 0 Å². The molecule has 1 unspecified atom stereocenters. The lowest BCUT2D eigenvalue weighted by Gasteiger charge is -2.17. The van der Waals surface area contributed by atoms with Gasteiger partial charge in [-0.15, -0.1) is 0 Å². The normalized spacial score (nSPS) is 21.8. The van der Waals surface area contributed by atoms with Crippen molar-refractivity contribution >= 4 is 17.5 Å². The van der Waals surface area contributed by atoms with Crippen LogP contribution in [-0.2, 0) is 16.6 Å². The molecule has 126 valence electrons. The number of nitrogens with zero attached hydrogens (tertiary/aromatic N) is 3. The van der Waals surface area contributed by atoms with Crippen LogP contribution in [0.1, 0.15) is 44.9 Å². The molecule has 1 aliphatic carbocycles. The Bertz CT molecular complexity index is 563. The van der Waals surface area contributed by atoms with Crippen LogP contribution in [0, 0.1) is 11.8 Å². The summed E-state index contributed by atoms with van der Waals surface area (Å²) in [6.07, 6.45) is 11.0. The largest absolute Gasteiger partial charge is 0.342 e. The molecular formula is C17H26N4O2. The number of nitrogens with one attached hydrogen (secondary N) is 1. The first-order valence-electron chi connectivity index (χ1n) is 8.69. The van der Waals surface area contributed by atoms with Gasteiger partial charge in [-0.1, -0.05) is 25.7 Å². The molecule has 1 aliphatic heterocycles. The van der Waals surface area contributed by atoms with Crippen molar-refractivity contribution in [3.63, 3.8) is 0 Å². The molecule has 2 heterocycles. The molecule has 1 saturated heterocycles. The van der Waals surface area contributed by atoms with Gasteiger partial charge >= 0.3 is 0 Å². The van der Waals surface area contributed by atoms with Crippen LogP contribution in [0.3, 0.4) is 0 Å². The molecule has 3 rings (SSSR count). The Kier molecular flexibility index (Phi) is 4.98. The summed E-state index contributed by atoms with van der Waals surface area (Å²) in [5.41, 5.74) is 0.712. The van der Waals surface area contributed by atoms with Crippen LogP contribution >= 0.6 is 0 Å². The van der Waals surface area contributed by atoms with Crippen molar-refractivity contribution in [1.29, 1.82) is 0 Å². The average molecular weight is 318 g/mol. The Labute approximate surface area is 137 Å². The third-order valence-corrected chi connectivity index (χ3v) is 5.13. The van der Waals surface area contributed by atoms with Crippen molar-refractivity contribution in [2.24, 2.45) is 18.9 Å². The van der Waals surface area contributed by atoms with Crippen molar-refractivity contribution in [3.05, 3.63) is 12.4 Å². The van der Waals surface area contributed by atoms with Gasteiger partial charge in [-0.2, -0.15) is 5.10 Å². The lowest BCUT2D eigenvalue weighted by molar-refractivity contribution is -0.130. The summed E-state index contributed by atoms with van der Waals surface area (Å²) in [6, 6.07) is 0. The van der Waals surface area contributed by atoms with Gasteiger partial charge in [-0.25, -0.2) is 0 Å². The zero-order valence-corrected chi connectivity index (χ0v) is 13.8. The molecule has 6 heteroatoms. The second kappa shape index (κ2) is 7.15. The number of hydrogen-bond donors (Lipinski definition) is 1. The molecule has 1 aromatic rings. The Morgan fingerprint density at radius 2 is 2.09 bits per heavy atom. The minimum atomic E-state index is -0.106. The Balaban J connectivity index is 1.43. The standard InChI is InChI=1S/C17H26N4O2/c1-20-12-15(10-18-20)19-17(23)14-8-9-21(11-14)16(22)7-6-13-4-2-3-5-13/h10,12-14H,2-9,11H2,1H3,(H,19,23). The van der Waals surface area contributed by atoms with Gasteiger partial charge in [0.05, 0.1) is 17.8 Å². The fraction of sp³-hybridized carbons (Fsp3) is 0.706. The first kappa shape index (κ1) is 16.0. The van der Waals surface area contributed by atoms with Crippen LogP contribution in [0.4, 0.5) is 5.69 Å². The summed E-state index contributed by atoms with van der Waals surface area (Å²) < 4.78 is 1.66. The molecule has 1 N–H and O–H groups in total. The zero-order valence-electron chi connectivity index (χ0n) is 13.8. The van der Waals surface area contributed by atoms with Gasteiger partial charge in [0.15, 0.2) is 0 Å². The van der Waals surface area contributed by atoms with Crippen LogP contribution in [0.25, 0.3) is 0 Å². The zero-order chi connectivity index (χ0) is 16.2. The van der Waals surface area contributed by atoms with E-state index in [9.17, 15) is 9.59 Å². The maximum absolute atomic E-state index is 12.3. The molecule has 1 aromatic heterocycles. The molecule has 2 amide bonds. The number of carbonyl (C=O) groups is 2. The molecule has 2 fully saturated rings. The van der Waals surface area contributed by atoms with E-state index in [-0.39, 0.29) is 17.7 Å². The SMILES string of the molecule is Cn1cc(NC(=O)C2CCN(C(=O)CCC3CCCC3)C2)cn1. The number of rotatable bonds is 5. The quantitative estimate of drug-likeness (QED) is 0.905. The first-order valence-corrected chi connectivity index (χ1v) is 8.69. The monoisotopic (exact) mass is 318 g/mol. The highest BCUT2D eigenvalue weighted by molar-refractivity contribution is 5.93. The maximum Gasteiger partial charge on any atom is 0.229 e. The van der Waals surface area contributed by atoms with Gasteiger partial charge in [0, 0.05) is 32.8 Å². The van der Waals surface area contributed by atoms with Crippen molar-refractivity contribution in [2.75, 3.05) is 18.4 Å². The van der Waals surface area contributed by atoms with E-state index in [2.05, 4.69) is 10.4 Å². The Morgan fingerprint density at radius 3 is 2.78 bits per heavy atom. The van der Waals surface area contributed by atoms with Crippen LogP contribution in [0.2, 0.25) is 0 Å². The number of aryl methyl sites for hydroxylation is 1. The third kappa shape index (κ3) is 4.12. The number of anilines is 1. The van der Waals surface area contributed by atoms with Gasteiger partial charge in [-0.05, 0) is 18.8 Å². The Hall–Kier alpha value is -1.85. The highest BCUT2D eigenvalue weighted by atomic mass is 16.2. The number of hydrogen-bond acceptors (Lipinski definition) is 3. The molecule has 23 heavy (non-hydrogen) atoms. The maximum atomic E-state index is 12.3. The predicted molar refractivity (Wildman–Crippen MR) is 87.7 cm³/mol. The van der Waals surface area contributed by atoms with Crippen molar-refractivity contribution in [1.82, 2.24) is 14.7 Å². The minimum absolute atomic E-state index is 0.0101. The number of amides is 2. The molecule has 6 nitrogen and oxygen atoms in total. The molecule has 1 saturated carbocycles. The van der Waals surface area contributed by atoms with E-state index >= 15 is 0 Å². The highest BCUT2D eigenvalue weighted by Crippen LogP contribution is 2.29. The minimum Gasteiger partial charge on any atom is -0.342 e. The van der Waals surface area contributed by atoms with Gasteiger partial charge in [0.25, 0.3) is 0 Å². The molecule has 0 bridgehead atoms. The highest BCUT2D eigenvalue weighted by Gasteiger charge is 2.31.